The van der Waals surface area contributed by atoms with E-state index in [0.29, 0.717) is 17.8 Å². The summed E-state index contributed by atoms with van der Waals surface area (Å²) in [5.41, 5.74) is 10.3. The number of rotatable bonds is 4. The molecule has 22 heavy (non-hydrogen) atoms. The van der Waals surface area contributed by atoms with Gasteiger partial charge in [-0.3, -0.25) is 4.79 Å². The number of hydrogen-bond donors (Lipinski definition) is 2. The monoisotopic (exact) mass is 296 g/mol. The van der Waals surface area contributed by atoms with E-state index in [4.69, 9.17) is 5.73 Å². The van der Waals surface area contributed by atoms with Crippen LogP contribution in [0, 0.1) is 13.8 Å². The molecular formula is C19H24N2O. The molecule has 116 valence electrons. The average molecular weight is 296 g/mol. The second-order valence-corrected chi connectivity index (χ2v) is 6.46. The highest BCUT2D eigenvalue weighted by Gasteiger charge is 2.23. The van der Waals surface area contributed by atoms with Gasteiger partial charge in [0.05, 0.1) is 0 Å². The lowest BCUT2D eigenvalue weighted by molar-refractivity contribution is 0.0945. The van der Waals surface area contributed by atoms with E-state index in [2.05, 4.69) is 38.2 Å². The molecule has 0 aromatic heterocycles. The average Bonchev–Trinajstić information content (AvgIpc) is 2.47. The summed E-state index contributed by atoms with van der Waals surface area (Å²) in [5, 5.41) is 3.04. The van der Waals surface area contributed by atoms with E-state index < -0.39 is 0 Å². The minimum atomic E-state index is -0.130. The highest BCUT2D eigenvalue weighted by molar-refractivity contribution is 5.96. The maximum Gasteiger partial charge on any atom is 0.251 e. The van der Waals surface area contributed by atoms with E-state index in [-0.39, 0.29) is 11.3 Å². The molecular weight excluding hydrogens is 272 g/mol. The zero-order valence-corrected chi connectivity index (χ0v) is 13.7. The lowest BCUT2D eigenvalue weighted by Crippen LogP contribution is -2.37. The van der Waals surface area contributed by atoms with Crippen molar-refractivity contribution in [1.29, 1.82) is 0 Å². The lowest BCUT2D eigenvalue weighted by atomic mass is 9.82. The maximum absolute atomic E-state index is 12.4. The number of nitrogens with two attached hydrogens (primary N) is 1. The van der Waals surface area contributed by atoms with Crippen molar-refractivity contribution in [3.8, 4) is 0 Å². The summed E-state index contributed by atoms with van der Waals surface area (Å²) >= 11 is 0. The summed E-state index contributed by atoms with van der Waals surface area (Å²) in [4.78, 5) is 12.4. The number of amides is 1. The Balaban J connectivity index is 2.13. The molecule has 0 atom stereocenters. The zero-order valence-electron chi connectivity index (χ0n) is 13.7. The van der Waals surface area contributed by atoms with Gasteiger partial charge in [-0.25, -0.2) is 0 Å². The number of nitrogens with one attached hydrogen (secondary N) is 1. The Morgan fingerprint density at radius 2 is 1.77 bits per heavy atom. The molecule has 3 heteroatoms. The minimum absolute atomic E-state index is 0.0774. The third-order valence-corrected chi connectivity index (χ3v) is 4.07. The third-order valence-electron chi connectivity index (χ3n) is 4.07. The van der Waals surface area contributed by atoms with Crippen molar-refractivity contribution in [1.82, 2.24) is 5.32 Å². The normalized spacial score (nSPS) is 11.3. The topological polar surface area (TPSA) is 55.1 Å². The summed E-state index contributed by atoms with van der Waals surface area (Å²) in [6.07, 6.45) is 0. The predicted octanol–water partition coefficient (Wildman–Crippen LogP) is 3.59. The van der Waals surface area contributed by atoms with E-state index in [0.717, 1.165) is 5.56 Å². The lowest BCUT2D eigenvalue weighted by Gasteiger charge is -2.27. The van der Waals surface area contributed by atoms with Gasteiger partial charge in [-0.05, 0) is 42.7 Å². The van der Waals surface area contributed by atoms with Crippen molar-refractivity contribution in [3.63, 3.8) is 0 Å². The van der Waals surface area contributed by atoms with Crippen molar-refractivity contribution < 1.29 is 4.79 Å². The Bertz CT molecular complexity index is 690. The van der Waals surface area contributed by atoms with Gasteiger partial charge in [0.2, 0.25) is 0 Å². The van der Waals surface area contributed by atoms with Crippen LogP contribution in [0.3, 0.4) is 0 Å². The van der Waals surface area contributed by atoms with E-state index >= 15 is 0 Å². The molecule has 2 rings (SSSR count). The van der Waals surface area contributed by atoms with Crippen LogP contribution < -0.4 is 11.1 Å². The number of hydrogen-bond acceptors (Lipinski definition) is 2. The van der Waals surface area contributed by atoms with Gasteiger partial charge < -0.3 is 11.1 Å². The van der Waals surface area contributed by atoms with Gasteiger partial charge in [0.15, 0.2) is 0 Å². The van der Waals surface area contributed by atoms with Crippen molar-refractivity contribution in [3.05, 3.63) is 64.7 Å². The van der Waals surface area contributed by atoms with Crippen molar-refractivity contribution in [2.24, 2.45) is 0 Å². The first kappa shape index (κ1) is 16.1. The van der Waals surface area contributed by atoms with Gasteiger partial charge in [-0.15, -0.1) is 0 Å². The van der Waals surface area contributed by atoms with E-state index in [1.54, 1.807) is 6.07 Å². The van der Waals surface area contributed by atoms with Gasteiger partial charge in [-0.1, -0.05) is 44.2 Å². The van der Waals surface area contributed by atoms with Crippen LogP contribution in [-0.2, 0) is 5.41 Å². The number of benzene rings is 2. The molecule has 2 aromatic carbocycles. The molecule has 3 nitrogen and oxygen atoms in total. The standard InChI is InChI=1S/C19H24N2O/c1-13-9-10-15(20)11-16(13)18(22)21-12-19(3,4)17-8-6-5-7-14(17)2/h5-11H,12,20H2,1-4H3,(H,21,22). The fourth-order valence-electron chi connectivity index (χ4n) is 2.71. The number of carbonyl (C=O) groups is 1. The molecule has 0 bridgehead atoms. The Morgan fingerprint density at radius 3 is 2.45 bits per heavy atom. The second-order valence-electron chi connectivity index (χ2n) is 6.46. The molecule has 3 N–H and O–H groups in total. The number of aryl methyl sites for hydroxylation is 2. The zero-order chi connectivity index (χ0) is 16.3. The first-order chi connectivity index (χ1) is 10.3. The summed E-state index contributed by atoms with van der Waals surface area (Å²) in [5.74, 6) is -0.0774. The molecule has 0 saturated carbocycles. The van der Waals surface area contributed by atoms with Crippen LogP contribution in [0.4, 0.5) is 5.69 Å². The summed E-state index contributed by atoms with van der Waals surface area (Å²) in [6, 6.07) is 13.7. The minimum Gasteiger partial charge on any atom is -0.399 e. The van der Waals surface area contributed by atoms with Crippen LogP contribution in [0.5, 0.6) is 0 Å². The molecule has 0 unspecified atom stereocenters. The Kier molecular flexibility index (Phi) is 4.55. The molecule has 1 amide bonds. The van der Waals surface area contributed by atoms with Crippen LogP contribution in [-0.4, -0.2) is 12.5 Å². The van der Waals surface area contributed by atoms with Gasteiger partial charge in [0.25, 0.3) is 5.91 Å². The van der Waals surface area contributed by atoms with Crippen molar-refractivity contribution in [2.75, 3.05) is 12.3 Å². The molecule has 0 fully saturated rings. The van der Waals surface area contributed by atoms with Crippen LogP contribution >= 0.6 is 0 Å². The maximum atomic E-state index is 12.4. The smallest absolute Gasteiger partial charge is 0.251 e. The van der Waals surface area contributed by atoms with Crippen molar-refractivity contribution in [2.45, 2.75) is 33.1 Å². The predicted molar refractivity (Wildman–Crippen MR) is 92.1 cm³/mol. The second kappa shape index (κ2) is 6.22. The van der Waals surface area contributed by atoms with E-state index in [9.17, 15) is 4.79 Å². The summed E-state index contributed by atoms with van der Waals surface area (Å²) in [7, 11) is 0. The molecule has 0 saturated heterocycles. The molecule has 0 heterocycles. The molecule has 0 aliphatic rings. The van der Waals surface area contributed by atoms with Crippen LogP contribution in [0.1, 0.15) is 40.9 Å². The molecule has 0 aliphatic heterocycles. The first-order valence-corrected chi connectivity index (χ1v) is 7.52. The largest absolute Gasteiger partial charge is 0.399 e. The molecule has 0 spiro atoms. The fraction of sp³-hybridized carbons (Fsp3) is 0.316. The van der Waals surface area contributed by atoms with E-state index in [1.165, 1.54) is 11.1 Å². The first-order valence-electron chi connectivity index (χ1n) is 7.52. The molecule has 0 radical (unpaired) electrons. The third kappa shape index (κ3) is 3.48. The Labute approximate surface area is 132 Å². The summed E-state index contributed by atoms with van der Waals surface area (Å²) in [6.45, 7) is 8.87. The van der Waals surface area contributed by atoms with Crippen molar-refractivity contribution >= 4 is 11.6 Å². The molecule has 2 aromatic rings. The Morgan fingerprint density at radius 1 is 1.09 bits per heavy atom. The van der Waals surface area contributed by atoms with Crippen LogP contribution in [0.2, 0.25) is 0 Å². The highest BCUT2D eigenvalue weighted by atomic mass is 16.1. The quantitative estimate of drug-likeness (QED) is 0.847. The fourth-order valence-corrected chi connectivity index (χ4v) is 2.71. The van der Waals surface area contributed by atoms with E-state index in [1.807, 2.05) is 31.2 Å². The van der Waals surface area contributed by atoms with Gasteiger partial charge in [-0.2, -0.15) is 0 Å². The summed E-state index contributed by atoms with van der Waals surface area (Å²) < 4.78 is 0. The number of anilines is 1. The molecule has 0 aliphatic carbocycles. The van der Waals surface area contributed by atoms with Gasteiger partial charge in [0.1, 0.15) is 0 Å². The number of carbonyl (C=O) groups excluding carboxylic acids is 1. The number of nitrogen functional groups attached to an aromatic ring is 1. The highest BCUT2D eigenvalue weighted by Crippen LogP contribution is 2.25. The van der Waals surface area contributed by atoms with Gasteiger partial charge >= 0.3 is 0 Å². The van der Waals surface area contributed by atoms with Gasteiger partial charge in [0, 0.05) is 23.2 Å². The van der Waals surface area contributed by atoms with Crippen LogP contribution in [0.25, 0.3) is 0 Å². The SMILES string of the molecule is Cc1ccc(N)cc1C(=O)NCC(C)(C)c1ccccc1C. The Hall–Kier alpha value is -2.29. The van der Waals surface area contributed by atoms with Crippen LogP contribution in [0.15, 0.2) is 42.5 Å².